The first-order valence-electron chi connectivity index (χ1n) is 8.45. The maximum absolute atomic E-state index is 13.1. The van der Waals surface area contributed by atoms with Crippen LogP contribution in [0.5, 0.6) is 11.5 Å². The van der Waals surface area contributed by atoms with E-state index in [0.29, 0.717) is 17.9 Å². The Bertz CT molecular complexity index is 1050. The molecule has 3 aromatic rings. The van der Waals surface area contributed by atoms with Gasteiger partial charge in [0.15, 0.2) is 16.6 Å². The number of nitrogens with one attached hydrogen (secondary N) is 1. The zero-order valence-electron chi connectivity index (χ0n) is 15.5. The summed E-state index contributed by atoms with van der Waals surface area (Å²) in [5.41, 5.74) is 0.623. The van der Waals surface area contributed by atoms with Crippen molar-refractivity contribution < 1.29 is 23.6 Å². The zero-order valence-corrected chi connectivity index (χ0v) is 16.3. The number of hydrogen-bond acceptors (Lipinski definition) is 7. The monoisotopic (exact) mass is 417 g/mol. The summed E-state index contributed by atoms with van der Waals surface area (Å²) in [6, 6.07) is 8.17. The van der Waals surface area contributed by atoms with Crippen LogP contribution in [0.2, 0.25) is 0 Å². The number of carbonyl (C=O) groups excluding carboxylic acids is 1. The van der Waals surface area contributed by atoms with Crippen molar-refractivity contribution >= 4 is 28.1 Å². The number of halogens is 1. The average Bonchev–Trinajstić information content (AvgIpc) is 3.16. The molecule has 0 aliphatic carbocycles. The summed E-state index contributed by atoms with van der Waals surface area (Å²) in [5, 5.41) is 15.9. The van der Waals surface area contributed by atoms with Gasteiger partial charge in [-0.2, -0.15) is 0 Å². The van der Waals surface area contributed by atoms with Crippen LogP contribution in [0.15, 0.2) is 41.8 Å². The summed E-state index contributed by atoms with van der Waals surface area (Å²) >= 11 is 1.15. The van der Waals surface area contributed by atoms with Gasteiger partial charge < -0.3 is 9.47 Å². The number of thiazole rings is 1. The fraction of sp³-hybridized carbons (Fsp3) is 0.158. The summed E-state index contributed by atoms with van der Waals surface area (Å²) in [7, 11) is 1.36. The van der Waals surface area contributed by atoms with Crippen molar-refractivity contribution in [3.05, 3.63) is 63.3 Å². The molecule has 0 atom stereocenters. The second-order valence-corrected chi connectivity index (χ2v) is 6.57. The quantitative estimate of drug-likeness (QED) is 0.448. The van der Waals surface area contributed by atoms with Crippen molar-refractivity contribution in [2.45, 2.75) is 6.92 Å². The van der Waals surface area contributed by atoms with Crippen LogP contribution in [0.3, 0.4) is 0 Å². The average molecular weight is 417 g/mol. The van der Waals surface area contributed by atoms with E-state index in [1.807, 2.05) is 0 Å². The van der Waals surface area contributed by atoms with E-state index < -0.39 is 16.5 Å². The number of nitro benzene ring substituents is 1. The Kier molecular flexibility index (Phi) is 6.03. The molecule has 1 amide bonds. The topological polar surface area (TPSA) is 104 Å². The predicted octanol–water partition coefficient (Wildman–Crippen LogP) is 4.52. The number of anilines is 1. The molecular weight excluding hydrogens is 401 g/mol. The molecule has 0 saturated heterocycles. The lowest BCUT2D eigenvalue weighted by Gasteiger charge is -2.11. The van der Waals surface area contributed by atoms with E-state index in [1.54, 1.807) is 24.4 Å². The highest BCUT2D eigenvalue weighted by molar-refractivity contribution is 7.14. The number of aromatic nitrogens is 1. The van der Waals surface area contributed by atoms with Gasteiger partial charge in [0.25, 0.3) is 11.6 Å². The molecule has 0 fully saturated rings. The molecule has 0 aliphatic rings. The minimum Gasteiger partial charge on any atom is -0.493 e. The van der Waals surface area contributed by atoms with Crippen molar-refractivity contribution in [3.8, 4) is 22.8 Å². The molecular formula is C19H16FN3O5S. The van der Waals surface area contributed by atoms with Crippen LogP contribution in [0.4, 0.5) is 15.2 Å². The van der Waals surface area contributed by atoms with Gasteiger partial charge in [-0.3, -0.25) is 20.2 Å². The molecule has 1 heterocycles. The summed E-state index contributed by atoms with van der Waals surface area (Å²) < 4.78 is 23.6. The molecule has 0 unspecified atom stereocenters. The fourth-order valence-corrected chi connectivity index (χ4v) is 3.27. The van der Waals surface area contributed by atoms with Crippen molar-refractivity contribution in [3.63, 3.8) is 0 Å². The third-order valence-electron chi connectivity index (χ3n) is 3.89. The van der Waals surface area contributed by atoms with Gasteiger partial charge in [-0.25, -0.2) is 9.37 Å². The molecule has 10 heteroatoms. The standard InChI is InChI=1S/C19H16FN3O5S/c1-3-28-17-8-13(15(23(25)26)9-16(17)27-2)18(24)22-19-21-14(10-29-19)11-4-6-12(20)7-5-11/h4-10H,3H2,1-2H3,(H,21,22,24). The lowest BCUT2D eigenvalue weighted by Crippen LogP contribution is -2.14. The molecule has 0 aliphatic heterocycles. The van der Waals surface area contributed by atoms with Gasteiger partial charge in [-0.05, 0) is 31.2 Å². The van der Waals surface area contributed by atoms with Crippen LogP contribution in [0, 0.1) is 15.9 Å². The lowest BCUT2D eigenvalue weighted by atomic mass is 10.1. The molecule has 1 N–H and O–H groups in total. The third kappa shape index (κ3) is 4.49. The highest BCUT2D eigenvalue weighted by Crippen LogP contribution is 2.35. The largest absolute Gasteiger partial charge is 0.493 e. The highest BCUT2D eigenvalue weighted by Gasteiger charge is 2.25. The van der Waals surface area contributed by atoms with Gasteiger partial charge in [0.1, 0.15) is 11.4 Å². The molecule has 0 bridgehead atoms. The van der Waals surface area contributed by atoms with E-state index in [9.17, 15) is 19.3 Å². The molecule has 2 aromatic carbocycles. The van der Waals surface area contributed by atoms with Gasteiger partial charge in [-0.1, -0.05) is 0 Å². The number of rotatable bonds is 7. The zero-order chi connectivity index (χ0) is 21.0. The van der Waals surface area contributed by atoms with Crippen LogP contribution >= 0.6 is 11.3 Å². The van der Waals surface area contributed by atoms with E-state index in [4.69, 9.17) is 9.47 Å². The summed E-state index contributed by atoms with van der Waals surface area (Å²) in [6.07, 6.45) is 0. The van der Waals surface area contributed by atoms with Gasteiger partial charge in [0, 0.05) is 17.0 Å². The van der Waals surface area contributed by atoms with Gasteiger partial charge in [0.2, 0.25) is 0 Å². The van der Waals surface area contributed by atoms with Crippen LogP contribution in [-0.2, 0) is 0 Å². The first kappa shape index (κ1) is 20.2. The first-order chi connectivity index (χ1) is 13.9. The second kappa shape index (κ2) is 8.65. The normalized spacial score (nSPS) is 10.4. The highest BCUT2D eigenvalue weighted by atomic mass is 32.1. The fourth-order valence-electron chi connectivity index (χ4n) is 2.56. The Morgan fingerprint density at radius 3 is 2.62 bits per heavy atom. The van der Waals surface area contributed by atoms with Gasteiger partial charge in [-0.15, -0.1) is 11.3 Å². The van der Waals surface area contributed by atoms with Crippen molar-refractivity contribution in [1.29, 1.82) is 0 Å². The number of hydrogen-bond donors (Lipinski definition) is 1. The van der Waals surface area contributed by atoms with Crippen LogP contribution < -0.4 is 14.8 Å². The van der Waals surface area contributed by atoms with E-state index in [2.05, 4.69) is 10.3 Å². The number of benzene rings is 2. The van der Waals surface area contributed by atoms with Crippen molar-refractivity contribution in [2.75, 3.05) is 19.0 Å². The number of nitro groups is 1. The third-order valence-corrected chi connectivity index (χ3v) is 4.65. The Hall–Kier alpha value is -3.53. The molecule has 0 spiro atoms. The SMILES string of the molecule is CCOc1cc(C(=O)Nc2nc(-c3ccc(F)cc3)cs2)c([N+](=O)[O-])cc1OC. The van der Waals surface area contributed by atoms with Crippen LogP contribution in [0.1, 0.15) is 17.3 Å². The first-order valence-corrected chi connectivity index (χ1v) is 9.33. The van der Waals surface area contributed by atoms with Crippen molar-refractivity contribution in [1.82, 2.24) is 4.98 Å². The summed E-state index contributed by atoms with van der Waals surface area (Å²) in [6.45, 7) is 2.04. The number of methoxy groups -OCH3 is 1. The van der Waals surface area contributed by atoms with E-state index in [0.717, 1.165) is 17.4 Å². The number of amides is 1. The molecule has 29 heavy (non-hydrogen) atoms. The van der Waals surface area contributed by atoms with E-state index in [1.165, 1.54) is 25.3 Å². The molecule has 3 rings (SSSR count). The summed E-state index contributed by atoms with van der Waals surface area (Å²) in [4.78, 5) is 27.7. The molecule has 8 nitrogen and oxygen atoms in total. The molecule has 1 aromatic heterocycles. The molecule has 0 saturated carbocycles. The Labute approximate surface area is 169 Å². The summed E-state index contributed by atoms with van der Waals surface area (Å²) in [5.74, 6) is -0.699. The Morgan fingerprint density at radius 1 is 1.28 bits per heavy atom. The molecule has 0 radical (unpaired) electrons. The molecule has 150 valence electrons. The number of carbonyl (C=O) groups is 1. The minimum atomic E-state index is -0.708. The van der Waals surface area contributed by atoms with E-state index in [-0.39, 0.29) is 28.0 Å². The maximum atomic E-state index is 13.1. The predicted molar refractivity (Wildman–Crippen MR) is 106 cm³/mol. The number of ether oxygens (including phenoxy) is 2. The maximum Gasteiger partial charge on any atom is 0.286 e. The minimum absolute atomic E-state index is 0.156. The van der Waals surface area contributed by atoms with Crippen molar-refractivity contribution in [2.24, 2.45) is 0 Å². The van der Waals surface area contributed by atoms with E-state index >= 15 is 0 Å². The van der Waals surface area contributed by atoms with Crippen LogP contribution in [0.25, 0.3) is 11.3 Å². The van der Waals surface area contributed by atoms with Gasteiger partial charge in [0.05, 0.1) is 30.4 Å². The Morgan fingerprint density at radius 2 is 2.00 bits per heavy atom. The second-order valence-electron chi connectivity index (χ2n) is 5.71. The number of nitrogens with zero attached hydrogens (tertiary/aromatic N) is 2. The van der Waals surface area contributed by atoms with Gasteiger partial charge >= 0.3 is 0 Å². The lowest BCUT2D eigenvalue weighted by molar-refractivity contribution is -0.385. The Balaban J connectivity index is 1.89. The smallest absolute Gasteiger partial charge is 0.286 e. The van der Waals surface area contributed by atoms with Crippen LogP contribution in [-0.4, -0.2) is 29.5 Å².